The van der Waals surface area contributed by atoms with Crippen LogP contribution in [0.4, 0.5) is 0 Å². The molecular weight excluding hydrogens is 156 g/mol. The summed E-state index contributed by atoms with van der Waals surface area (Å²) in [6, 6.07) is 0. The normalized spacial score (nSPS) is 20.3. The van der Waals surface area contributed by atoms with Crippen molar-refractivity contribution in [1.29, 1.82) is 0 Å². The Labute approximate surface area is 83.7 Å². The van der Waals surface area contributed by atoms with Gasteiger partial charge in [-0.2, -0.15) is 0 Å². The van der Waals surface area contributed by atoms with Crippen molar-refractivity contribution in [2.75, 3.05) is 0 Å². The quantitative estimate of drug-likeness (QED) is 0.589. The first-order valence-electron chi connectivity index (χ1n) is 5.70. The maximum Gasteiger partial charge on any atom is -0.0224 e. The van der Waals surface area contributed by atoms with Crippen LogP contribution in [0.5, 0.6) is 0 Å². The van der Waals surface area contributed by atoms with Crippen LogP contribution in [0.2, 0.25) is 0 Å². The van der Waals surface area contributed by atoms with Crippen LogP contribution in [0.3, 0.4) is 0 Å². The van der Waals surface area contributed by atoms with E-state index in [1.54, 1.807) is 5.57 Å². The second-order valence-corrected chi connectivity index (χ2v) is 3.45. The molecule has 1 aliphatic carbocycles. The molecule has 1 aliphatic rings. The van der Waals surface area contributed by atoms with Crippen molar-refractivity contribution in [2.45, 2.75) is 53.4 Å². The Bertz CT molecular complexity index is 163. The van der Waals surface area contributed by atoms with Gasteiger partial charge in [-0.1, -0.05) is 57.9 Å². The van der Waals surface area contributed by atoms with Crippen molar-refractivity contribution < 1.29 is 0 Å². The molecule has 0 heteroatoms. The zero-order valence-corrected chi connectivity index (χ0v) is 9.64. The van der Waals surface area contributed by atoms with Crippen molar-refractivity contribution in [3.05, 3.63) is 23.8 Å². The number of hydrogen-bond donors (Lipinski definition) is 0. The van der Waals surface area contributed by atoms with Crippen LogP contribution in [0.25, 0.3) is 0 Å². The van der Waals surface area contributed by atoms with E-state index in [0.29, 0.717) is 0 Å². The van der Waals surface area contributed by atoms with Crippen LogP contribution < -0.4 is 0 Å². The molecular formula is C13H24. The summed E-state index contributed by atoms with van der Waals surface area (Å²) in [5.41, 5.74) is 1.55. The lowest BCUT2D eigenvalue weighted by Crippen LogP contribution is -1.94. The summed E-state index contributed by atoms with van der Waals surface area (Å²) in [5, 5.41) is 0. The standard InChI is InChI=1S/C11H18.C2H6/c1-3-4-5-11-8-6-10(2)7-9-11;1-2/h6,8-10H,3-5,7H2,1-2H3;1-2H3. The molecule has 0 saturated carbocycles. The minimum Gasteiger partial charge on any atom is -0.0811 e. The minimum atomic E-state index is 0.764. The molecule has 0 aliphatic heterocycles. The van der Waals surface area contributed by atoms with Gasteiger partial charge in [0.1, 0.15) is 0 Å². The fourth-order valence-electron chi connectivity index (χ4n) is 1.34. The average molecular weight is 180 g/mol. The molecule has 13 heavy (non-hydrogen) atoms. The summed E-state index contributed by atoms with van der Waals surface area (Å²) >= 11 is 0. The van der Waals surface area contributed by atoms with Crippen LogP contribution in [0, 0.1) is 5.92 Å². The van der Waals surface area contributed by atoms with E-state index in [4.69, 9.17) is 0 Å². The van der Waals surface area contributed by atoms with Crippen molar-refractivity contribution in [1.82, 2.24) is 0 Å². The molecule has 0 aromatic rings. The van der Waals surface area contributed by atoms with Crippen molar-refractivity contribution >= 4 is 0 Å². The molecule has 0 amide bonds. The van der Waals surface area contributed by atoms with Gasteiger partial charge >= 0.3 is 0 Å². The van der Waals surface area contributed by atoms with E-state index in [1.807, 2.05) is 13.8 Å². The van der Waals surface area contributed by atoms with Crippen molar-refractivity contribution in [2.24, 2.45) is 5.92 Å². The van der Waals surface area contributed by atoms with E-state index in [0.717, 1.165) is 5.92 Å². The molecule has 0 aromatic carbocycles. The molecule has 0 spiro atoms. The topological polar surface area (TPSA) is 0 Å². The van der Waals surface area contributed by atoms with E-state index in [9.17, 15) is 0 Å². The molecule has 0 aromatic heterocycles. The third kappa shape index (κ3) is 5.68. The van der Waals surface area contributed by atoms with Crippen LogP contribution in [0.1, 0.15) is 53.4 Å². The maximum atomic E-state index is 2.39. The van der Waals surface area contributed by atoms with E-state index in [-0.39, 0.29) is 0 Å². The average Bonchev–Trinajstić information content (AvgIpc) is 2.20. The number of allylic oxidation sites excluding steroid dienone is 4. The van der Waals surface area contributed by atoms with E-state index >= 15 is 0 Å². The molecule has 76 valence electrons. The number of hydrogen-bond acceptors (Lipinski definition) is 0. The highest BCUT2D eigenvalue weighted by Crippen LogP contribution is 2.19. The number of rotatable bonds is 3. The van der Waals surface area contributed by atoms with Crippen LogP contribution in [0.15, 0.2) is 23.8 Å². The molecule has 0 N–H and O–H groups in total. The highest BCUT2D eigenvalue weighted by atomic mass is 14.1. The van der Waals surface area contributed by atoms with E-state index in [2.05, 4.69) is 32.1 Å². The predicted octanol–water partition coefficient (Wildman–Crippen LogP) is 4.73. The maximum absolute atomic E-state index is 2.39. The summed E-state index contributed by atoms with van der Waals surface area (Å²) in [6.45, 7) is 8.51. The van der Waals surface area contributed by atoms with Gasteiger partial charge in [0, 0.05) is 0 Å². The molecule has 0 fully saturated rings. The zero-order chi connectivity index (χ0) is 10.1. The van der Waals surface area contributed by atoms with E-state index < -0.39 is 0 Å². The molecule has 1 atom stereocenters. The Balaban J connectivity index is 0.000000671. The Hall–Kier alpha value is -0.520. The largest absolute Gasteiger partial charge is 0.0811 e. The van der Waals surface area contributed by atoms with Crippen LogP contribution in [-0.4, -0.2) is 0 Å². The zero-order valence-electron chi connectivity index (χ0n) is 9.64. The van der Waals surface area contributed by atoms with Gasteiger partial charge in [-0.25, -0.2) is 0 Å². The second-order valence-electron chi connectivity index (χ2n) is 3.45. The first-order valence-corrected chi connectivity index (χ1v) is 5.70. The smallest absolute Gasteiger partial charge is 0.0224 e. The highest BCUT2D eigenvalue weighted by molar-refractivity contribution is 5.23. The van der Waals surface area contributed by atoms with Gasteiger partial charge in [0.15, 0.2) is 0 Å². The van der Waals surface area contributed by atoms with Crippen molar-refractivity contribution in [3.8, 4) is 0 Å². The van der Waals surface area contributed by atoms with Gasteiger partial charge in [0.2, 0.25) is 0 Å². The molecule has 0 saturated heterocycles. The first kappa shape index (κ1) is 12.5. The predicted molar refractivity (Wildman–Crippen MR) is 61.9 cm³/mol. The lowest BCUT2D eigenvalue weighted by Gasteiger charge is -2.10. The second kappa shape index (κ2) is 8.10. The Kier molecular flexibility index (Phi) is 7.77. The monoisotopic (exact) mass is 180 g/mol. The summed E-state index contributed by atoms with van der Waals surface area (Å²) in [4.78, 5) is 0. The minimum absolute atomic E-state index is 0.764. The van der Waals surface area contributed by atoms with Crippen LogP contribution >= 0.6 is 0 Å². The lowest BCUT2D eigenvalue weighted by molar-refractivity contribution is 0.714. The third-order valence-electron chi connectivity index (χ3n) is 2.21. The van der Waals surface area contributed by atoms with Gasteiger partial charge in [0.25, 0.3) is 0 Å². The van der Waals surface area contributed by atoms with Gasteiger partial charge in [-0.05, 0) is 25.2 Å². The SMILES string of the molecule is CC.CCCCC1=CCC(C)C=C1. The van der Waals surface area contributed by atoms with Gasteiger partial charge in [-0.15, -0.1) is 0 Å². The Morgan fingerprint density at radius 3 is 2.54 bits per heavy atom. The molecule has 0 bridgehead atoms. The molecule has 1 unspecified atom stereocenters. The lowest BCUT2D eigenvalue weighted by atomic mass is 9.96. The summed E-state index contributed by atoms with van der Waals surface area (Å²) in [6.07, 6.45) is 12.2. The summed E-state index contributed by atoms with van der Waals surface area (Å²) in [7, 11) is 0. The van der Waals surface area contributed by atoms with Gasteiger partial charge < -0.3 is 0 Å². The summed E-state index contributed by atoms with van der Waals surface area (Å²) in [5.74, 6) is 0.764. The number of unbranched alkanes of at least 4 members (excludes halogenated alkanes) is 1. The molecule has 0 radical (unpaired) electrons. The first-order chi connectivity index (χ1) is 6.33. The Morgan fingerprint density at radius 2 is 2.08 bits per heavy atom. The molecule has 0 heterocycles. The fraction of sp³-hybridized carbons (Fsp3) is 0.692. The third-order valence-corrected chi connectivity index (χ3v) is 2.21. The Morgan fingerprint density at radius 1 is 1.38 bits per heavy atom. The fourth-order valence-corrected chi connectivity index (χ4v) is 1.34. The van der Waals surface area contributed by atoms with Gasteiger partial charge in [0.05, 0.1) is 0 Å². The molecule has 1 rings (SSSR count). The molecule has 0 nitrogen and oxygen atoms in total. The highest BCUT2D eigenvalue weighted by Gasteiger charge is 2.01. The van der Waals surface area contributed by atoms with Gasteiger partial charge in [-0.3, -0.25) is 0 Å². The van der Waals surface area contributed by atoms with Crippen molar-refractivity contribution in [3.63, 3.8) is 0 Å². The van der Waals surface area contributed by atoms with E-state index in [1.165, 1.54) is 25.7 Å². The summed E-state index contributed by atoms with van der Waals surface area (Å²) < 4.78 is 0. The van der Waals surface area contributed by atoms with Crippen LogP contribution in [-0.2, 0) is 0 Å².